The summed E-state index contributed by atoms with van der Waals surface area (Å²) < 4.78 is 5.21. The highest BCUT2D eigenvalue weighted by atomic mass is 16.5. The molecule has 3 rings (SSSR count). The lowest BCUT2D eigenvalue weighted by molar-refractivity contribution is -0.119. The molecule has 1 aliphatic heterocycles. The van der Waals surface area contributed by atoms with Crippen LogP contribution >= 0.6 is 0 Å². The van der Waals surface area contributed by atoms with E-state index >= 15 is 0 Å². The highest BCUT2D eigenvalue weighted by Gasteiger charge is 2.35. The maximum absolute atomic E-state index is 12.0. The standard InChI is InChI=1S/C13H16N2O2/c1-17-8-5-6-11-12(7-8)14-10-4-2-3-9(10)13(16)15-11/h5-7,9-10,14H,2-4H2,1H3,(H,15,16). The number of nitrogens with one attached hydrogen (secondary N) is 2. The molecule has 1 saturated carbocycles. The van der Waals surface area contributed by atoms with Crippen molar-refractivity contribution in [1.29, 1.82) is 0 Å². The Hall–Kier alpha value is -1.71. The second-order valence-electron chi connectivity index (χ2n) is 4.69. The van der Waals surface area contributed by atoms with Gasteiger partial charge in [0.15, 0.2) is 0 Å². The van der Waals surface area contributed by atoms with Crippen LogP contribution in [0.5, 0.6) is 5.75 Å². The lowest BCUT2D eigenvalue weighted by Gasteiger charge is -2.16. The number of carbonyl (C=O) groups excluding carboxylic acids is 1. The maximum Gasteiger partial charge on any atom is 0.229 e. The fraction of sp³-hybridized carbons (Fsp3) is 0.462. The van der Waals surface area contributed by atoms with Crippen molar-refractivity contribution in [2.24, 2.45) is 5.92 Å². The Balaban J connectivity index is 1.98. The second kappa shape index (κ2) is 3.95. The van der Waals surface area contributed by atoms with Gasteiger partial charge in [-0.3, -0.25) is 4.79 Å². The van der Waals surface area contributed by atoms with Crippen LogP contribution in [-0.4, -0.2) is 19.1 Å². The third kappa shape index (κ3) is 1.73. The average Bonchev–Trinajstić information content (AvgIpc) is 2.75. The van der Waals surface area contributed by atoms with E-state index in [2.05, 4.69) is 10.6 Å². The van der Waals surface area contributed by atoms with Crippen molar-refractivity contribution >= 4 is 17.3 Å². The minimum absolute atomic E-state index is 0.105. The fourth-order valence-corrected chi connectivity index (χ4v) is 2.75. The Kier molecular flexibility index (Phi) is 2.42. The minimum Gasteiger partial charge on any atom is -0.497 e. The van der Waals surface area contributed by atoms with Crippen molar-refractivity contribution in [3.63, 3.8) is 0 Å². The van der Waals surface area contributed by atoms with Crippen LogP contribution in [0.1, 0.15) is 19.3 Å². The first kappa shape index (κ1) is 10.4. The van der Waals surface area contributed by atoms with Gasteiger partial charge in [0.25, 0.3) is 0 Å². The lowest BCUT2D eigenvalue weighted by Crippen LogP contribution is -2.30. The number of benzene rings is 1. The number of ether oxygens (including phenoxy) is 1. The van der Waals surface area contributed by atoms with Crippen LogP contribution in [0.25, 0.3) is 0 Å². The molecule has 1 aliphatic carbocycles. The fourth-order valence-electron chi connectivity index (χ4n) is 2.75. The van der Waals surface area contributed by atoms with E-state index in [1.54, 1.807) is 7.11 Å². The molecule has 2 atom stereocenters. The van der Waals surface area contributed by atoms with Crippen LogP contribution in [0.15, 0.2) is 18.2 Å². The van der Waals surface area contributed by atoms with Crippen LogP contribution in [0, 0.1) is 5.92 Å². The van der Waals surface area contributed by atoms with Gasteiger partial charge in [0, 0.05) is 12.1 Å². The Morgan fingerprint density at radius 3 is 3.00 bits per heavy atom. The Morgan fingerprint density at radius 1 is 1.29 bits per heavy atom. The maximum atomic E-state index is 12.0. The first-order chi connectivity index (χ1) is 8.28. The van der Waals surface area contributed by atoms with Crippen LogP contribution in [0.4, 0.5) is 11.4 Å². The van der Waals surface area contributed by atoms with Gasteiger partial charge in [0.2, 0.25) is 5.91 Å². The van der Waals surface area contributed by atoms with Crippen molar-refractivity contribution < 1.29 is 9.53 Å². The van der Waals surface area contributed by atoms with E-state index in [1.807, 2.05) is 18.2 Å². The molecule has 1 aromatic carbocycles. The van der Waals surface area contributed by atoms with E-state index in [0.717, 1.165) is 36.4 Å². The Labute approximate surface area is 100 Å². The molecule has 2 aliphatic rings. The predicted octanol–water partition coefficient (Wildman–Crippen LogP) is 2.23. The molecule has 1 fully saturated rings. The summed E-state index contributed by atoms with van der Waals surface area (Å²) in [6.45, 7) is 0. The number of methoxy groups -OCH3 is 1. The molecule has 1 heterocycles. The highest BCUT2D eigenvalue weighted by molar-refractivity contribution is 5.98. The highest BCUT2D eigenvalue weighted by Crippen LogP contribution is 2.37. The molecule has 1 amide bonds. The van der Waals surface area contributed by atoms with Gasteiger partial charge in [-0.2, -0.15) is 0 Å². The molecule has 4 nitrogen and oxygen atoms in total. The first-order valence-corrected chi connectivity index (χ1v) is 6.03. The monoisotopic (exact) mass is 232 g/mol. The summed E-state index contributed by atoms with van der Waals surface area (Å²) in [5.41, 5.74) is 1.82. The number of anilines is 2. The van der Waals surface area contributed by atoms with E-state index in [-0.39, 0.29) is 17.9 Å². The Morgan fingerprint density at radius 2 is 2.18 bits per heavy atom. The summed E-state index contributed by atoms with van der Waals surface area (Å²) in [5, 5.41) is 6.45. The topological polar surface area (TPSA) is 50.4 Å². The van der Waals surface area contributed by atoms with Gasteiger partial charge in [-0.15, -0.1) is 0 Å². The number of amides is 1. The second-order valence-corrected chi connectivity index (χ2v) is 4.69. The summed E-state index contributed by atoms with van der Waals surface area (Å²) in [4.78, 5) is 12.0. The molecule has 2 N–H and O–H groups in total. The van der Waals surface area contributed by atoms with Gasteiger partial charge < -0.3 is 15.4 Å². The normalized spacial score (nSPS) is 26.3. The number of carbonyl (C=O) groups is 1. The van der Waals surface area contributed by atoms with E-state index in [9.17, 15) is 4.79 Å². The van der Waals surface area contributed by atoms with Crippen LogP contribution in [0.2, 0.25) is 0 Å². The molecular formula is C13H16N2O2. The summed E-state index contributed by atoms with van der Waals surface area (Å²) in [5.74, 6) is 1.05. The summed E-state index contributed by atoms with van der Waals surface area (Å²) >= 11 is 0. The van der Waals surface area contributed by atoms with Crippen LogP contribution in [-0.2, 0) is 4.79 Å². The molecular weight excluding hydrogens is 216 g/mol. The van der Waals surface area contributed by atoms with Crippen LogP contribution in [0.3, 0.4) is 0 Å². The largest absolute Gasteiger partial charge is 0.497 e. The SMILES string of the molecule is COc1ccc2c(c1)NC1CCCC1C(=O)N2. The average molecular weight is 232 g/mol. The third-order valence-electron chi connectivity index (χ3n) is 3.68. The quantitative estimate of drug-likeness (QED) is 0.780. The zero-order valence-electron chi connectivity index (χ0n) is 9.82. The van der Waals surface area contributed by atoms with E-state index in [0.29, 0.717) is 0 Å². The lowest BCUT2D eigenvalue weighted by atomic mass is 10.0. The van der Waals surface area contributed by atoms with E-state index in [4.69, 9.17) is 4.74 Å². The molecule has 0 spiro atoms. The molecule has 17 heavy (non-hydrogen) atoms. The Bertz CT molecular complexity index is 459. The molecule has 0 saturated heterocycles. The zero-order chi connectivity index (χ0) is 11.8. The summed E-state index contributed by atoms with van der Waals surface area (Å²) in [6.07, 6.45) is 3.17. The summed E-state index contributed by atoms with van der Waals surface area (Å²) in [7, 11) is 1.65. The zero-order valence-corrected chi connectivity index (χ0v) is 9.82. The van der Waals surface area contributed by atoms with Gasteiger partial charge in [0.1, 0.15) is 5.75 Å². The minimum atomic E-state index is 0.105. The van der Waals surface area contributed by atoms with E-state index < -0.39 is 0 Å². The first-order valence-electron chi connectivity index (χ1n) is 6.03. The van der Waals surface area contributed by atoms with Crippen molar-refractivity contribution in [1.82, 2.24) is 0 Å². The third-order valence-corrected chi connectivity index (χ3v) is 3.68. The van der Waals surface area contributed by atoms with E-state index in [1.165, 1.54) is 0 Å². The predicted molar refractivity (Wildman–Crippen MR) is 66.4 cm³/mol. The van der Waals surface area contributed by atoms with Gasteiger partial charge in [-0.05, 0) is 25.0 Å². The molecule has 4 heteroatoms. The molecule has 0 bridgehead atoms. The molecule has 90 valence electrons. The number of rotatable bonds is 1. The van der Waals surface area contributed by atoms with Crippen LogP contribution < -0.4 is 15.4 Å². The van der Waals surface area contributed by atoms with Gasteiger partial charge >= 0.3 is 0 Å². The van der Waals surface area contributed by atoms with Gasteiger partial charge in [0.05, 0.1) is 24.4 Å². The number of hydrogen-bond donors (Lipinski definition) is 2. The van der Waals surface area contributed by atoms with Gasteiger partial charge in [-0.25, -0.2) is 0 Å². The van der Waals surface area contributed by atoms with Crippen molar-refractivity contribution in [3.05, 3.63) is 18.2 Å². The molecule has 1 aromatic rings. The van der Waals surface area contributed by atoms with Crippen molar-refractivity contribution in [2.45, 2.75) is 25.3 Å². The number of fused-ring (bicyclic) bond motifs is 2. The van der Waals surface area contributed by atoms with Crippen molar-refractivity contribution in [2.75, 3.05) is 17.7 Å². The van der Waals surface area contributed by atoms with Crippen molar-refractivity contribution in [3.8, 4) is 5.75 Å². The van der Waals surface area contributed by atoms with Gasteiger partial charge in [-0.1, -0.05) is 6.42 Å². The number of hydrogen-bond acceptors (Lipinski definition) is 3. The molecule has 0 radical (unpaired) electrons. The molecule has 0 aromatic heterocycles. The summed E-state index contributed by atoms with van der Waals surface area (Å²) in [6, 6.07) is 5.96. The molecule has 2 unspecified atom stereocenters. The smallest absolute Gasteiger partial charge is 0.229 e.